The summed E-state index contributed by atoms with van der Waals surface area (Å²) in [4.78, 5) is 14.2. The maximum atomic E-state index is 12.5. The van der Waals surface area contributed by atoms with E-state index in [-0.39, 0.29) is 11.8 Å². The lowest BCUT2D eigenvalue weighted by Crippen LogP contribution is -2.35. The van der Waals surface area contributed by atoms with Gasteiger partial charge in [0.1, 0.15) is 5.75 Å². The molecule has 0 aliphatic carbocycles. The average Bonchev–Trinajstić information content (AvgIpc) is 2.70. The van der Waals surface area contributed by atoms with Gasteiger partial charge < -0.3 is 10.4 Å². The lowest BCUT2D eigenvalue weighted by atomic mass is 10.1. The van der Waals surface area contributed by atoms with Crippen LogP contribution in [0.3, 0.4) is 0 Å². The molecule has 0 atom stereocenters. The van der Waals surface area contributed by atoms with Gasteiger partial charge in [-0.3, -0.25) is 4.90 Å². The highest BCUT2D eigenvalue weighted by molar-refractivity contribution is 6.02. The monoisotopic (exact) mass is 282 g/mol. The summed E-state index contributed by atoms with van der Waals surface area (Å²) in [5.41, 5.74) is 2.68. The minimum Gasteiger partial charge on any atom is -0.508 e. The standard InChI is InChI=1S/C17H18N2O2/c20-15-10-9-13-6-4-5-11-19(16(13)12-15)17(21)18-14-7-2-1-3-8-14/h1-3,7-10,12,20H,4-6,11H2,(H,18,21). The summed E-state index contributed by atoms with van der Waals surface area (Å²) in [6.07, 6.45) is 2.94. The molecule has 4 nitrogen and oxygen atoms in total. The fourth-order valence-electron chi connectivity index (χ4n) is 2.64. The first kappa shape index (κ1) is 13.5. The van der Waals surface area contributed by atoms with Crippen LogP contribution in [0.15, 0.2) is 48.5 Å². The number of anilines is 2. The molecule has 0 spiro atoms. The zero-order valence-corrected chi connectivity index (χ0v) is 11.7. The predicted molar refractivity (Wildman–Crippen MR) is 83.9 cm³/mol. The highest BCUT2D eigenvalue weighted by Crippen LogP contribution is 2.30. The number of nitrogens with one attached hydrogen (secondary N) is 1. The van der Waals surface area contributed by atoms with Gasteiger partial charge in [0, 0.05) is 18.3 Å². The number of rotatable bonds is 1. The van der Waals surface area contributed by atoms with Crippen LogP contribution in [0.2, 0.25) is 0 Å². The van der Waals surface area contributed by atoms with Crippen molar-refractivity contribution in [3.05, 3.63) is 54.1 Å². The minimum atomic E-state index is -0.157. The summed E-state index contributed by atoms with van der Waals surface area (Å²) in [6, 6.07) is 14.5. The van der Waals surface area contributed by atoms with Gasteiger partial charge in [-0.2, -0.15) is 0 Å². The molecule has 4 heteroatoms. The molecule has 0 fully saturated rings. The van der Waals surface area contributed by atoms with Crippen LogP contribution >= 0.6 is 0 Å². The van der Waals surface area contributed by atoms with Crippen molar-refractivity contribution in [3.63, 3.8) is 0 Å². The second kappa shape index (κ2) is 5.87. The SMILES string of the molecule is O=C(Nc1ccccc1)N1CCCCc2ccc(O)cc21. The summed E-state index contributed by atoms with van der Waals surface area (Å²) < 4.78 is 0. The number of nitrogens with zero attached hydrogens (tertiary/aromatic N) is 1. The van der Waals surface area contributed by atoms with Crippen molar-refractivity contribution >= 4 is 17.4 Å². The van der Waals surface area contributed by atoms with Crippen molar-refractivity contribution in [1.29, 1.82) is 0 Å². The molecule has 108 valence electrons. The van der Waals surface area contributed by atoms with Crippen molar-refractivity contribution in [2.45, 2.75) is 19.3 Å². The van der Waals surface area contributed by atoms with Crippen molar-refractivity contribution in [2.24, 2.45) is 0 Å². The van der Waals surface area contributed by atoms with Gasteiger partial charge in [-0.25, -0.2) is 4.79 Å². The first-order valence-electron chi connectivity index (χ1n) is 7.19. The lowest BCUT2D eigenvalue weighted by Gasteiger charge is -2.23. The summed E-state index contributed by atoms with van der Waals surface area (Å²) in [7, 11) is 0. The third-order valence-corrected chi connectivity index (χ3v) is 3.71. The van der Waals surface area contributed by atoms with Crippen LogP contribution in [0.1, 0.15) is 18.4 Å². The number of carbonyl (C=O) groups is 1. The highest BCUT2D eigenvalue weighted by atomic mass is 16.3. The Balaban J connectivity index is 1.88. The molecule has 2 N–H and O–H groups in total. The number of benzene rings is 2. The first-order chi connectivity index (χ1) is 10.2. The van der Waals surface area contributed by atoms with Gasteiger partial charge in [-0.1, -0.05) is 24.3 Å². The van der Waals surface area contributed by atoms with E-state index >= 15 is 0 Å². The normalized spacial score (nSPS) is 14.2. The Morgan fingerprint density at radius 3 is 2.71 bits per heavy atom. The summed E-state index contributed by atoms with van der Waals surface area (Å²) in [5, 5.41) is 12.6. The van der Waals surface area contributed by atoms with E-state index < -0.39 is 0 Å². The Morgan fingerprint density at radius 1 is 1.10 bits per heavy atom. The van der Waals surface area contributed by atoms with Gasteiger partial charge in [-0.05, 0) is 43.0 Å². The predicted octanol–water partition coefficient (Wildman–Crippen LogP) is 3.77. The number of fused-ring (bicyclic) bond motifs is 1. The van der Waals surface area contributed by atoms with Gasteiger partial charge in [0.15, 0.2) is 0 Å². The van der Waals surface area contributed by atoms with Crippen LogP contribution in [-0.4, -0.2) is 17.7 Å². The fourth-order valence-corrected chi connectivity index (χ4v) is 2.64. The summed E-state index contributed by atoms with van der Waals surface area (Å²) in [5.74, 6) is 0.188. The average molecular weight is 282 g/mol. The molecule has 2 amide bonds. The lowest BCUT2D eigenvalue weighted by molar-refractivity contribution is 0.257. The third-order valence-electron chi connectivity index (χ3n) is 3.71. The van der Waals surface area contributed by atoms with Crippen molar-refractivity contribution in [2.75, 3.05) is 16.8 Å². The Labute approximate surface area is 124 Å². The minimum absolute atomic E-state index is 0.157. The quantitative estimate of drug-likeness (QED) is 0.836. The maximum absolute atomic E-state index is 12.5. The topological polar surface area (TPSA) is 52.6 Å². The molecule has 21 heavy (non-hydrogen) atoms. The van der Waals surface area contributed by atoms with Gasteiger partial charge in [0.2, 0.25) is 0 Å². The molecule has 1 aliphatic rings. The maximum Gasteiger partial charge on any atom is 0.326 e. The van der Waals surface area contributed by atoms with Gasteiger partial charge >= 0.3 is 6.03 Å². The number of urea groups is 1. The Bertz CT molecular complexity index is 640. The van der Waals surface area contributed by atoms with E-state index in [9.17, 15) is 9.90 Å². The van der Waals surface area contributed by atoms with Crippen molar-refractivity contribution < 1.29 is 9.90 Å². The molecular formula is C17H18N2O2. The number of para-hydroxylation sites is 1. The van der Waals surface area contributed by atoms with Gasteiger partial charge in [0.25, 0.3) is 0 Å². The molecule has 0 saturated carbocycles. The smallest absolute Gasteiger partial charge is 0.326 e. The number of phenolic OH excluding ortho intramolecular Hbond substituents is 1. The van der Waals surface area contributed by atoms with Crippen molar-refractivity contribution in [3.8, 4) is 5.75 Å². The van der Waals surface area contributed by atoms with Crippen LogP contribution in [-0.2, 0) is 6.42 Å². The largest absolute Gasteiger partial charge is 0.508 e. The van der Waals surface area contributed by atoms with E-state index in [1.807, 2.05) is 36.4 Å². The molecule has 0 unspecified atom stereocenters. The second-order valence-electron chi connectivity index (χ2n) is 5.22. The molecular weight excluding hydrogens is 264 g/mol. The van der Waals surface area contributed by atoms with Gasteiger partial charge in [0.05, 0.1) is 5.69 Å². The zero-order chi connectivity index (χ0) is 14.7. The molecule has 0 bridgehead atoms. The Morgan fingerprint density at radius 2 is 1.90 bits per heavy atom. The van der Waals surface area contributed by atoms with E-state index in [0.29, 0.717) is 6.54 Å². The molecule has 1 aliphatic heterocycles. The molecule has 2 aromatic carbocycles. The van der Waals surface area contributed by atoms with Crippen LogP contribution in [0.5, 0.6) is 5.75 Å². The molecule has 2 aromatic rings. The van der Waals surface area contributed by atoms with E-state index in [0.717, 1.165) is 36.2 Å². The first-order valence-corrected chi connectivity index (χ1v) is 7.19. The molecule has 0 saturated heterocycles. The van der Waals surface area contributed by atoms with E-state index in [2.05, 4.69) is 5.32 Å². The Hall–Kier alpha value is -2.49. The highest BCUT2D eigenvalue weighted by Gasteiger charge is 2.21. The number of amides is 2. The molecule has 1 heterocycles. The number of carbonyl (C=O) groups excluding carboxylic acids is 1. The molecule has 0 radical (unpaired) electrons. The number of phenols is 1. The van der Waals surface area contributed by atoms with Crippen LogP contribution < -0.4 is 10.2 Å². The molecule has 0 aromatic heterocycles. The van der Waals surface area contributed by atoms with E-state index in [1.165, 1.54) is 0 Å². The number of hydrogen-bond donors (Lipinski definition) is 2. The van der Waals surface area contributed by atoms with Crippen LogP contribution in [0, 0.1) is 0 Å². The second-order valence-corrected chi connectivity index (χ2v) is 5.22. The number of aromatic hydroxyl groups is 1. The van der Waals surface area contributed by atoms with E-state index in [4.69, 9.17) is 0 Å². The number of hydrogen-bond acceptors (Lipinski definition) is 2. The summed E-state index contributed by atoms with van der Waals surface area (Å²) in [6.45, 7) is 0.662. The van der Waals surface area contributed by atoms with Crippen molar-refractivity contribution in [1.82, 2.24) is 0 Å². The Kier molecular flexibility index (Phi) is 3.77. The third kappa shape index (κ3) is 2.99. The van der Waals surface area contributed by atoms with Crippen LogP contribution in [0.4, 0.5) is 16.2 Å². The zero-order valence-electron chi connectivity index (χ0n) is 11.7. The molecule has 3 rings (SSSR count). The van der Waals surface area contributed by atoms with Gasteiger partial charge in [-0.15, -0.1) is 0 Å². The summed E-state index contributed by atoms with van der Waals surface area (Å²) >= 11 is 0. The van der Waals surface area contributed by atoms with E-state index in [1.54, 1.807) is 17.0 Å². The fraction of sp³-hybridized carbons (Fsp3) is 0.235. The number of aryl methyl sites for hydroxylation is 1. The van der Waals surface area contributed by atoms with Crippen LogP contribution in [0.25, 0.3) is 0 Å².